The smallest absolute Gasteiger partial charge is 0.102 e. The minimum absolute atomic E-state index is 0. The number of quaternary nitrogens is 1. The standard InChI is InChI=1S/C12H20O2.C7H18NO.BrH/c13-12(14)11(9-5-1-2-6-9)10-7-3-4-8-10;1-4-8(3,5-2)6-7-9;/h9-11H,1-8H2,(H,13,14);9H,4-7H2,1-3H3;1H/q;+1;/p-1. The number of hydrogen-bond donors (Lipinski definition) is 1. The van der Waals surface area contributed by atoms with Gasteiger partial charge < -0.3 is 19.5 Å². The summed E-state index contributed by atoms with van der Waals surface area (Å²) in [5, 5.41) is 19.8. The fourth-order valence-corrected chi connectivity index (χ4v) is 4.18. The molecule has 4 nitrogen and oxygen atoms in total. The maximum absolute atomic E-state index is 11.2. The average Bonchev–Trinajstić information content (AvgIpc) is 3.22. The Morgan fingerprint density at radius 3 is 1.62 bits per heavy atom. The third-order valence-corrected chi connectivity index (χ3v) is 6.25. The Morgan fingerprint density at radius 1 is 1.04 bits per heavy atom. The van der Waals surface area contributed by atoms with Crippen LogP contribution in [-0.4, -0.2) is 48.8 Å². The van der Waals surface area contributed by atoms with Gasteiger partial charge in [-0.15, -0.1) is 17.0 Å². The largest absolute Gasteiger partial charge is 0.550 e. The summed E-state index contributed by atoms with van der Waals surface area (Å²) in [6, 6.07) is 0. The normalized spacial score (nSPS) is 19.0. The molecule has 0 aliphatic heterocycles. The van der Waals surface area contributed by atoms with Crippen LogP contribution in [-0.2, 0) is 4.79 Å². The van der Waals surface area contributed by atoms with Gasteiger partial charge in [-0.1, -0.05) is 25.7 Å². The van der Waals surface area contributed by atoms with Crippen LogP contribution in [0.1, 0.15) is 65.2 Å². The van der Waals surface area contributed by atoms with Gasteiger partial charge in [-0.3, -0.25) is 0 Å². The number of carbonyl (C=O) groups is 1. The van der Waals surface area contributed by atoms with Crippen molar-refractivity contribution >= 4 is 23.0 Å². The predicted molar refractivity (Wildman–Crippen MR) is 102 cm³/mol. The van der Waals surface area contributed by atoms with Crippen LogP contribution in [0, 0.1) is 17.8 Å². The Balaban J connectivity index is 0.000000468. The first-order valence-corrected chi connectivity index (χ1v) is 9.62. The Labute approximate surface area is 159 Å². The van der Waals surface area contributed by atoms with Gasteiger partial charge in [0, 0.05) is 11.9 Å². The number of aliphatic hydroxyl groups excluding tert-OH is 1. The molecule has 0 aromatic rings. The summed E-state index contributed by atoms with van der Waals surface area (Å²) in [6.07, 6.45) is 9.37. The summed E-state index contributed by atoms with van der Waals surface area (Å²) in [5.41, 5.74) is 0. The molecule has 144 valence electrons. The van der Waals surface area contributed by atoms with Crippen molar-refractivity contribution in [2.75, 3.05) is 33.3 Å². The second-order valence-corrected chi connectivity index (χ2v) is 7.63. The van der Waals surface area contributed by atoms with Crippen LogP contribution in [0.3, 0.4) is 0 Å². The molecule has 0 bridgehead atoms. The van der Waals surface area contributed by atoms with E-state index in [-0.39, 0.29) is 22.9 Å². The molecular weight excluding hydrogens is 370 g/mol. The van der Waals surface area contributed by atoms with E-state index in [9.17, 15) is 9.90 Å². The van der Waals surface area contributed by atoms with Gasteiger partial charge in [0.15, 0.2) is 0 Å². The quantitative estimate of drug-likeness (QED) is 0.659. The second-order valence-electron chi connectivity index (χ2n) is 7.63. The lowest BCUT2D eigenvalue weighted by atomic mass is 9.79. The van der Waals surface area contributed by atoms with E-state index in [1.807, 2.05) is 0 Å². The van der Waals surface area contributed by atoms with Crippen molar-refractivity contribution in [3.63, 3.8) is 0 Å². The Bertz CT molecular complexity index is 320. The molecule has 0 amide bonds. The lowest BCUT2D eigenvalue weighted by Crippen LogP contribution is -2.45. The first-order valence-electron chi connectivity index (χ1n) is 9.62. The van der Waals surface area contributed by atoms with Crippen LogP contribution in [0.5, 0.6) is 0 Å². The fourth-order valence-electron chi connectivity index (χ4n) is 4.18. The molecule has 0 heterocycles. The van der Waals surface area contributed by atoms with Crippen LogP contribution in [0.25, 0.3) is 0 Å². The molecule has 0 saturated heterocycles. The number of likely N-dealkylation sites (N-methyl/N-ethyl adjacent to an activating group) is 1. The SMILES string of the molecule is Br.CC[N+](C)(CC)CCO.O=C([O-])C(C1CCCC1)C1CCCC1. The summed E-state index contributed by atoms with van der Waals surface area (Å²) in [4.78, 5) is 11.2. The third-order valence-electron chi connectivity index (χ3n) is 6.25. The maximum atomic E-state index is 11.2. The fraction of sp³-hybridized carbons (Fsp3) is 0.947. The van der Waals surface area contributed by atoms with E-state index in [4.69, 9.17) is 5.11 Å². The van der Waals surface area contributed by atoms with Gasteiger partial charge in [0.05, 0.1) is 26.7 Å². The van der Waals surface area contributed by atoms with Gasteiger partial charge in [0.25, 0.3) is 0 Å². The zero-order valence-electron chi connectivity index (χ0n) is 15.8. The molecule has 0 spiro atoms. The molecule has 0 unspecified atom stereocenters. The van der Waals surface area contributed by atoms with Crippen molar-refractivity contribution in [1.29, 1.82) is 0 Å². The molecule has 2 saturated carbocycles. The van der Waals surface area contributed by atoms with Gasteiger partial charge in [0.1, 0.15) is 6.54 Å². The van der Waals surface area contributed by atoms with Gasteiger partial charge in [-0.05, 0) is 51.4 Å². The van der Waals surface area contributed by atoms with E-state index < -0.39 is 5.97 Å². The van der Waals surface area contributed by atoms with Crippen molar-refractivity contribution in [3.05, 3.63) is 0 Å². The number of carboxylic acids is 1. The van der Waals surface area contributed by atoms with E-state index in [2.05, 4.69) is 20.9 Å². The molecule has 2 fully saturated rings. The molecule has 0 aromatic heterocycles. The van der Waals surface area contributed by atoms with Gasteiger partial charge in [-0.2, -0.15) is 0 Å². The number of halogens is 1. The van der Waals surface area contributed by atoms with E-state index in [0.29, 0.717) is 18.4 Å². The number of hydrogen-bond acceptors (Lipinski definition) is 3. The first-order chi connectivity index (χ1) is 11.0. The Morgan fingerprint density at radius 2 is 1.42 bits per heavy atom. The van der Waals surface area contributed by atoms with Crippen LogP contribution < -0.4 is 5.11 Å². The van der Waals surface area contributed by atoms with E-state index in [1.54, 1.807) is 0 Å². The lowest BCUT2D eigenvalue weighted by Gasteiger charge is -2.31. The highest BCUT2D eigenvalue weighted by Gasteiger charge is 2.33. The highest BCUT2D eigenvalue weighted by Crippen LogP contribution is 2.41. The summed E-state index contributed by atoms with van der Waals surface area (Å²) in [7, 11) is 2.16. The number of carbonyl (C=O) groups excluding carboxylic acids is 1. The van der Waals surface area contributed by atoms with Crippen molar-refractivity contribution in [2.45, 2.75) is 65.2 Å². The average molecular weight is 408 g/mol. The van der Waals surface area contributed by atoms with Gasteiger partial charge in [-0.25, -0.2) is 0 Å². The summed E-state index contributed by atoms with van der Waals surface area (Å²) in [6.45, 7) is 7.71. The minimum Gasteiger partial charge on any atom is -0.550 e. The number of nitrogens with zero attached hydrogens (tertiary/aromatic N) is 1. The first kappa shape index (κ1) is 23.9. The van der Waals surface area contributed by atoms with Crippen molar-refractivity contribution in [2.24, 2.45) is 17.8 Å². The highest BCUT2D eigenvalue weighted by molar-refractivity contribution is 8.93. The molecular formula is C19H38BrNO3. The third kappa shape index (κ3) is 7.40. The zero-order chi connectivity index (χ0) is 17.3. The monoisotopic (exact) mass is 407 g/mol. The molecule has 2 rings (SSSR count). The van der Waals surface area contributed by atoms with Crippen LogP contribution >= 0.6 is 17.0 Å². The van der Waals surface area contributed by atoms with E-state index in [1.165, 1.54) is 25.7 Å². The van der Waals surface area contributed by atoms with Crippen molar-refractivity contribution in [3.8, 4) is 0 Å². The minimum atomic E-state index is -0.774. The van der Waals surface area contributed by atoms with Gasteiger partial charge >= 0.3 is 0 Å². The number of carboxylic acid groups (broad SMARTS) is 1. The number of aliphatic hydroxyl groups is 1. The van der Waals surface area contributed by atoms with Crippen LogP contribution in [0.2, 0.25) is 0 Å². The number of rotatable bonds is 7. The molecule has 0 aromatic carbocycles. The highest BCUT2D eigenvalue weighted by atomic mass is 79.9. The number of aliphatic carboxylic acids is 1. The predicted octanol–water partition coefficient (Wildman–Crippen LogP) is 2.78. The molecule has 2 aliphatic carbocycles. The van der Waals surface area contributed by atoms with Crippen LogP contribution in [0.4, 0.5) is 0 Å². The maximum Gasteiger partial charge on any atom is 0.102 e. The summed E-state index contributed by atoms with van der Waals surface area (Å²) >= 11 is 0. The molecule has 1 N–H and O–H groups in total. The lowest BCUT2D eigenvalue weighted by molar-refractivity contribution is -0.906. The second kappa shape index (κ2) is 12.3. The van der Waals surface area contributed by atoms with Gasteiger partial charge in [0.2, 0.25) is 0 Å². The molecule has 0 atom stereocenters. The van der Waals surface area contributed by atoms with Crippen LogP contribution in [0.15, 0.2) is 0 Å². The molecule has 2 aliphatic rings. The summed E-state index contributed by atoms with van der Waals surface area (Å²) < 4.78 is 0.983. The Kier molecular flexibility index (Phi) is 12.2. The Hall–Kier alpha value is -0.130. The van der Waals surface area contributed by atoms with Crippen molar-refractivity contribution < 1.29 is 19.5 Å². The van der Waals surface area contributed by atoms with E-state index >= 15 is 0 Å². The van der Waals surface area contributed by atoms with Crippen molar-refractivity contribution in [1.82, 2.24) is 0 Å². The molecule has 5 heteroatoms. The molecule has 24 heavy (non-hydrogen) atoms. The topological polar surface area (TPSA) is 60.4 Å². The zero-order valence-corrected chi connectivity index (χ0v) is 17.5. The van der Waals surface area contributed by atoms with E-state index in [0.717, 1.165) is 49.8 Å². The molecule has 0 radical (unpaired) electrons. The summed E-state index contributed by atoms with van der Waals surface area (Å²) in [5.74, 6) is -0.0324.